The van der Waals surface area contributed by atoms with Gasteiger partial charge >= 0.3 is 11.9 Å². The molecule has 0 saturated carbocycles. The zero-order chi connectivity index (χ0) is 12.4. The van der Waals surface area contributed by atoms with Gasteiger partial charge in [-0.3, -0.25) is 0 Å². The Kier molecular flexibility index (Phi) is 2.61. The van der Waals surface area contributed by atoms with Gasteiger partial charge in [0.05, 0.1) is 11.3 Å². The number of aromatic nitrogens is 2. The number of hydrogen-bond acceptors (Lipinski definition) is 3. The number of carboxylic acid groups (broad SMARTS) is 2. The normalized spacial score (nSPS) is 10.1. The van der Waals surface area contributed by atoms with E-state index in [1.807, 2.05) is 0 Å². The maximum absolute atomic E-state index is 10.8. The summed E-state index contributed by atoms with van der Waals surface area (Å²) >= 11 is 0. The third-order valence-electron chi connectivity index (χ3n) is 2.17. The van der Waals surface area contributed by atoms with Crippen LogP contribution < -0.4 is 0 Å². The van der Waals surface area contributed by atoms with Crippen LogP contribution in [0.4, 0.5) is 0 Å². The molecular weight excluding hydrogens is 224 g/mol. The van der Waals surface area contributed by atoms with Gasteiger partial charge < -0.3 is 10.2 Å². The summed E-state index contributed by atoms with van der Waals surface area (Å²) in [5.74, 6) is -2.17. The lowest BCUT2D eigenvalue weighted by Crippen LogP contribution is -2.02. The lowest BCUT2D eigenvalue weighted by atomic mass is 10.2. The van der Waals surface area contributed by atoms with Crippen molar-refractivity contribution in [2.45, 2.75) is 0 Å². The molecule has 0 unspecified atom stereocenters. The third kappa shape index (κ3) is 2.15. The van der Waals surface area contributed by atoms with Gasteiger partial charge in [0.25, 0.3) is 0 Å². The molecular formula is C11H8N2O4. The number of rotatable bonds is 3. The van der Waals surface area contributed by atoms with Crippen LogP contribution in [0.25, 0.3) is 5.69 Å². The van der Waals surface area contributed by atoms with Crippen LogP contribution in [-0.4, -0.2) is 31.9 Å². The highest BCUT2D eigenvalue weighted by atomic mass is 16.4. The molecule has 17 heavy (non-hydrogen) atoms. The maximum Gasteiger partial charge on any atom is 0.356 e. The van der Waals surface area contributed by atoms with Gasteiger partial charge in [-0.05, 0) is 24.3 Å². The van der Waals surface area contributed by atoms with E-state index in [-0.39, 0.29) is 11.3 Å². The van der Waals surface area contributed by atoms with Gasteiger partial charge in [0.2, 0.25) is 0 Å². The van der Waals surface area contributed by atoms with Crippen molar-refractivity contribution in [1.82, 2.24) is 9.78 Å². The van der Waals surface area contributed by atoms with Crippen molar-refractivity contribution >= 4 is 11.9 Å². The SMILES string of the molecule is O=C(O)c1cccc(-n2ccc(C(=O)O)n2)c1. The number of benzene rings is 1. The largest absolute Gasteiger partial charge is 0.478 e. The van der Waals surface area contributed by atoms with Crippen LogP contribution >= 0.6 is 0 Å². The van der Waals surface area contributed by atoms with Gasteiger partial charge in [0, 0.05) is 6.20 Å². The van der Waals surface area contributed by atoms with Crippen molar-refractivity contribution in [3.63, 3.8) is 0 Å². The molecule has 0 atom stereocenters. The summed E-state index contributed by atoms with van der Waals surface area (Å²) in [6.45, 7) is 0. The fourth-order valence-electron chi connectivity index (χ4n) is 1.36. The van der Waals surface area contributed by atoms with Crippen molar-refractivity contribution in [3.8, 4) is 5.69 Å². The number of carboxylic acids is 2. The summed E-state index contributed by atoms with van der Waals surface area (Å²) in [6.07, 6.45) is 1.46. The molecule has 0 bridgehead atoms. The molecule has 2 aromatic rings. The standard InChI is InChI=1S/C11H8N2O4/c14-10(15)7-2-1-3-8(6-7)13-5-4-9(12-13)11(16)17/h1-6H,(H,14,15)(H,16,17). The van der Waals surface area contributed by atoms with Crippen LogP contribution in [0.3, 0.4) is 0 Å². The molecule has 2 N–H and O–H groups in total. The first-order chi connectivity index (χ1) is 8.08. The van der Waals surface area contributed by atoms with Crippen LogP contribution in [0.5, 0.6) is 0 Å². The van der Waals surface area contributed by atoms with Crippen LogP contribution in [0.15, 0.2) is 36.5 Å². The highest BCUT2D eigenvalue weighted by Gasteiger charge is 2.09. The van der Waals surface area contributed by atoms with Gasteiger partial charge in [-0.2, -0.15) is 5.10 Å². The van der Waals surface area contributed by atoms with Crippen LogP contribution in [0.1, 0.15) is 20.8 Å². The smallest absolute Gasteiger partial charge is 0.356 e. The van der Waals surface area contributed by atoms with Gasteiger partial charge in [-0.25, -0.2) is 14.3 Å². The summed E-state index contributed by atoms with van der Waals surface area (Å²) in [6, 6.07) is 7.43. The second-order valence-electron chi connectivity index (χ2n) is 3.31. The Balaban J connectivity index is 2.42. The summed E-state index contributed by atoms with van der Waals surface area (Å²) in [5.41, 5.74) is 0.526. The van der Waals surface area contributed by atoms with Gasteiger partial charge in [0.15, 0.2) is 5.69 Å². The molecule has 0 spiro atoms. The van der Waals surface area contributed by atoms with E-state index in [0.29, 0.717) is 5.69 Å². The maximum atomic E-state index is 10.8. The first-order valence-corrected chi connectivity index (χ1v) is 4.70. The quantitative estimate of drug-likeness (QED) is 0.831. The van der Waals surface area contributed by atoms with Crippen molar-refractivity contribution in [2.75, 3.05) is 0 Å². The Bertz CT molecular complexity index is 589. The fourth-order valence-corrected chi connectivity index (χ4v) is 1.36. The minimum absolute atomic E-state index is 0.0919. The molecule has 0 fully saturated rings. The summed E-state index contributed by atoms with van der Waals surface area (Å²) in [5, 5.41) is 21.3. The molecule has 2 rings (SSSR count). The minimum Gasteiger partial charge on any atom is -0.478 e. The highest BCUT2D eigenvalue weighted by Crippen LogP contribution is 2.10. The van der Waals surface area contributed by atoms with Crippen LogP contribution in [0, 0.1) is 0 Å². The lowest BCUT2D eigenvalue weighted by molar-refractivity contribution is 0.0681. The van der Waals surface area contributed by atoms with E-state index in [4.69, 9.17) is 10.2 Å². The molecule has 0 aliphatic rings. The zero-order valence-electron chi connectivity index (χ0n) is 8.57. The molecule has 86 valence electrons. The number of aromatic carboxylic acids is 2. The van der Waals surface area contributed by atoms with Gasteiger partial charge in [0.1, 0.15) is 0 Å². The molecule has 1 aromatic heterocycles. The topological polar surface area (TPSA) is 92.4 Å². The van der Waals surface area contributed by atoms with Gasteiger partial charge in [-0.1, -0.05) is 6.07 Å². The van der Waals surface area contributed by atoms with E-state index in [2.05, 4.69) is 5.10 Å². The number of hydrogen-bond donors (Lipinski definition) is 2. The Labute approximate surface area is 95.7 Å². The average Bonchev–Trinajstić information content (AvgIpc) is 2.78. The molecule has 0 amide bonds. The van der Waals surface area contributed by atoms with Crippen LogP contribution in [-0.2, 0) is 0 Å². The zero-order valence-corrected chi connectivity index (χ0v) is 8.57. The molecule has 1 aromatic carbocycles. The number of carbonyl (C=O) groups is 2. The van der Waals surface area contributed by atoms with E-state index in [1.54, 1.807) is 12.1 Å². The predicted octanol–water partition coefficient (Wildman–Crippen LogP) is 1.27. The molecule has 0 aliphatic carbocycles. The summed E-state index contributed by atoms with van der Waals surface area (Å²) < 4.78 is 1.32. The molecule has 0 radical (unpaired) electrons. The Morgan fingerprint density at radius 3 is 2.47 bits per heavy atom. The van der Waals surface area contributed by atoms with E-state index < -0.39 is 11.9 Å². The van der Waals surface area contributed by atoms with Gasteiger partial charge in [-0.15, -0.1) is 0 Å². The lowest BCUT2D eigenvalue weighted by Gasteiger charge is -2.01. The van der Waals surface area contributed by atoms with Crippen molar-refractivity contribution in [3.05, 3.63) is 47.8 Å². The highest BCUT2D eigenvalue weighted by molar-refractivity contribution is 5.88. The number of nitrogens with zero attached hydrogens (tertiary/aromatic N) is 2. The van der Waals surface area contributed by atoms with Crippen molar-refractivity contribution < 1.29 is 19.8 Å². The molecule has 6 heteroatoms. The molecule has 6 nitrogen and oxygen atoms in total. The summed E-state index contributed by atoms with van der Waals surface area (Å²) in [7, 11) is 0. The predicted molar refractivity (Wildman–Crippen MR) is 57.5 cm³/mol. The van der Waals surface area contributed by atoms with E-state index in [0.717, 1.165) is 0 Å². The first-order valence-electron chi connectivity index (χ1n) is 4.70. The van der Waals surface area contributed by atoms with Crippen LogP contribution in [0.2, 0.25) is 0 Å². The second-order valence-corrected chi connectivity index (χ2v) is 3.31. The monoisotopic (exact) mass is 232 g/mol. The van der Waals surface area contributed by atoms with E-state index >= 15 is 0 Å². The minimum atomic E-state index is -1.13. The molecule has 0 aliphatic heterocycles. The second kappa shape index (κ2) is 4.09. The fraction of sp³-hybridized carbons (Fsp3) is 0. The first kappa shape index (κ1) is 10.9. The molecule has 1 heterocycles. The Morgan fingerprint density at radius 2 is 1.88 bits per heavy atom. The Hall–Kier alpha value is -2.63. The van der Waals surface area contributed by atoms with Crippen molar-refractivity contribution in [2.24, 2.45) is 0 Å². The summed E-state index contributed by atoms with van der Waals surface area (Å²) in [4.78, 5) is 21.4. The van der Waals surface area contributed by atoms with Crippen molar-refractivity contribution in [1.29, 1.82) is 0 Å². The third-order valence-corrected chi connectivity index (χ3v) is 2.17. The molecule has 0 saturated heterocycles. The Morgan fingerprint density at radius 1 is 1.12 bits per heavy atom. The van der Waals surface area contributed by atoms with E-state index in [9.17, 15) is 9.59 Å². The van der Waals surface area contributed by atoms with E-state index in [1.165, 1.54) is 29.1 Å². The average molecular weight is 232 g/mol.